The zero-order valence-electron chi connectivity index (χ0n) is 22.7. The van der Waals surface area contributed by atoms with Crippen molar-refractivity contribution in [1.29, 1.82) is 0 Å². The predicted octanol–water partition coefficient (Wildman–Crippen LogP) is 8.21. The van der Waals surface area contributed by atoms with Gasteiger partial charge in [0.1, 0.15) is 5.75 Å². The highest BCUT2D eigenvalue weighted by Crippen LogP contribution is 2.23. The normalized spacial score (nSPS) is 11.8. The van der Waals surface area contributed by atoms with Gasteiger partial charge in [0, 0.05) is 23.5 Å². The van der Waals surface area contributed by atoms with Crippen molar-refractivity contribution in [2.24, 2.45) is 0 Å². The Kier molecular flexibility index (Phi) is 12.1. The summed E-state index contributed by atoms with van der Waals surface area (Å²) < 4.78 is 10.6. The van der Waals surface area contributed by atoms with Crippen molar-refractivity contribution in [2.45, 2.75) is 91.1 Å². The summed E-state index contributed by atoms with van der Waals surface area (Å²) in [5.74, 6) is 0.876. The summed E-state index contributed by atoms with van der Waals surface area (Å²) in [7, 11) is 0. The molecular weight excluding hydrogens is 460 g/mol. The smallest absolute Gasteiger partial charge is 0.347 e. The first kappa shape index (κ1) is 28.4. The number of carbonyl (C=O) groups excluding carboxylic acids is 1. The minimum absolute atomic E-state index is 0.336. The molecule has 0 N–H and O–H groups in total. The summed E-state index contributed by atoms with van der Waals surface area (Å²) in [6.07, 6.45) is 16.4. The average Bonchev–Trinajstić information content (AvgIpc) is 2.93. The molecule has 0 aliphatic heterocycles. The van der Waals surface area contributed by atoms with Crippen molar-refractivity contribution in [3.63, 3.8) is 0 Å². The van der Waals surface area contributed by atoms with E-state index in [0.29, 0.717) is 18.2 Å². The number of esters is 1. The molecule has 0 aliphatic rings. The number of hydrogen-bond acceptors (Lipinski definition) is 5. The zero-order valence-corrected chi connectivity index (χ0v) is 22.7. The van der Waals surface area contributed by atoms with E-state index < -0.39 is 6.10 Å². The third-order valence-electron chi connectivity index (χ3n) is 6.55. The van der Waals surface area contributed by atoms with Gasteiger partial charge < -0.3 is 9.47 Å². The second-order valence-corrected chi connectivity index (χ2v) is 9.61. The third kappa shape index (κ3) is 9.64. The molecule has 0 aliphatic carbocycles. The number of nitrogens with zero attached hydrogens (tertiary/aromatic N) is 2. The van der Waals surface area contributed by atoms with E-state index in [0.717, 1.165) is 23.1 Å². The van der Waals surface area contributed by atoms with Gasteiger partial charge in [-0.25, -0.2) is 14.8 Å². The van der Waals surface area contributed by atoms with Gasteiger partial charge >= 0.3 is 5.97 Å². The van der Waals surface area contributed by atoms with E-state index in [4.69, 9.17) is 9.47 Å². The maximum absolute atomic E-state index is 11.8. The van der Waals surface area contributed by atoms with E-state index in [1.165, 1.54) is 63.4 Å². The van der Waals surface area contributed by atoms with Gasteiger partial charge in [0.2, 0.25) is 0 Å². The maximum atomic E-state index is 11.8. The number of rotatable bonds is 16. The summed E-state index contributed by atoms with van der Waals surface area (Å²) in [4.78, 5) is 20.9. The Morgan fingerprint density at radius 2 is 1.30 bits per heavy atom. The van der Waals surface area contributed by atoms with Crippen LogP contribution in [0.25, 0.3) is 22.5 Å². The molecule has 3 rings (SSSR count). The fraction of sp³-hybridized carbons (Fsp3) is 0.469. The number of carbonyl (C=O) groups is 1. The molecule has 0 bridgehead atoms. The molecule has 1 aromatic heterocycles. The number of hydrogen-bond donors (Lipinski definition) is 0. The molecule has 1 unspecified atom stereocenters. The largest absolute Gasteiger partial charge is 0.479 e. The van der Waals surface area contributed by atoms with Crippen LogP contribution in [0.5, 0.6) is 5.75 Å². The van der Waals surface area contributed by atoms with Crippen LogP contribution in [0, 0.1) is 0 Å². The second-order valence-electron chi connectivity index (χ2n) is 9.61. The van der Waals surface area contributed by atoms with Crippen molar-refractivity contribution in [3.05, 3.63) is 66.5 Å². The van der Waals surface area contributed by atoms with Gasteiger partial charge in [-0.05, 0) is 62.1 Å². The Labute approximate surface area is 222 Å². The number of aromatic nitrogens is 2. The van der Waals surface area contributed by atoms with Crippen molar-refractivity contribution >= 4 is 5.97 Å². The highest BCUT2D eigenvalue weighted by atomic mass is 16.6. The molecule has 5 heteroatoms. The van der Waals surface area contributed by atoms with Crippen LogP contribution in [0.1, 0.15) is 84.1 Å². The molecule has 0 amide bonds. The highest BCUT2D eigenvalue weighted by molar-refractivity contribution is 5.74. The third-order valence-corrected chi connectivity index (χ3v) is 6.55. The number of unbranched alkanes of at least 4 members (excludes halogenated alkanes) is 8. The van der Waals surface area contributed by atoms with Gasteiger partial charge in [0.15, 0.2) is 11.9 Å². The molecule has 0 saturated heterocycles. The summed E-state index contributed by atoms with van der Waals surface area (Å²) in [6, 6.07) is 16.2. The first-order valence-corrected chi connectivity index (χ1v) is 14.0. The monoisotopic (exact) mass is 502 g/mol. The molecule has 0 saturated carbocycles. The van der Waals surface area contributed by atoms with Gasteiger partial charge in [-0.2, -0.15) is 0 Å². The van der Waals surface area contributed by atoms with Crippen LogP contribution in [0.4, 0.5) is 0 Å². The zero-order chi connectivity index (χ0) is 26.3. The lowest BCUT2D eigenvalue weighted by atomic mass is 10.0. The molecule has 1 heterocycles. The Morgan fingerprint density at radius 3 is 1.89 bits per heavy atom. The molecule has 0 radical (unpaired) electrons. The fourth-order valence-electron chi connectivity index (χ4n) is 4.32. The van der Waals surface area contributed by atoms with Crippen molar-refractivity contribution in [1.82, 2.24) is 9.97 Å². The van der Waals surface area contributed by atoms with Crippen LogP contribution in [-0.2, 0) is 16.0 Å². The molecule has 37 heavy (non-hydrogen) atoms. The summed E-state index contributed by atoms with van der Waals surface area (Å²) in [6.45, 7) is 6.06. The Hall–Kier alpha value is -3.21. The lowest BCUT2D eigenvalue weighted by Gasteiger charge is -2.13. The van der Waals surface area contributed by atoms with Crippen LogP contribution >= 0.6 is 0 Å². The first-order chi connectivity index (χ1) is 18.1. The minimum atomic E-state index is -0.655. The second kappa shape index (κ2) is 15.8. The van der Waals surface area contributed by atoms with Crippen LogP contribution in [0.3, 0.4) is 0 Å². The molecule has 198 valence electrons. The van der Waals surface area contributed by atoms with Gasteiger partial charge in [-0.1, -0.05) is 82.6 Å². The van der Waals surface area contributed by atoms with Crippen LogP contribution in [0.2, 0.25) is 0 Å². The quantitative estimate of drug-likeness (QED) is 0.146. The Bertz CT molecular complexity index is 1050. The van der Waals surface area contributed by atoms with Crippen molar-refractivity contribution < 1.29 is 14.3 Å². The molecule has 2 aromatic carbocycles. The summed E-state index contributed by atoms with van der Waals surface area (Å²) in [5.41, 5.74) is 4.41. The van der Waals surface area contributed by atoms with E-state index >= 15 is 0 Å². The number of benzene rings is 2. The summed E-state index contributed by atoms with van der Waals surface area (Å²) >= 11 is 0. The van der Waals surface area contributed by atoms with Crippen molar-refractivity contribution in [2.75, 3.05) is 6.61 Å². The van der Waals surface area contributed by atoms with E-state index in [-0.39, 0.29) is 5.97 Å². The lowest BCUT2D eigenvalue weighted by molar-refractivity contribution is -0.150. The fourth-order valence-corrected chi connectivity index (χ4v) is 4.32. The molecular formula is C32H42N2O3. The van der Waals surface area contributed by atoms with Gasteiger partial charge in [0.25, 0.3) is 0 Å². The van der Waals surface area contributed by atoms with Crippen LogP contribution in [0.15, 0.2) is 60.9 Å². The predicted molar refractivity (Wildman–Crippen MR) is 151 cm³/mol. The van der Waals surface area contributed by atoms with Gasteiger partial charge in [0.05, 0.1) is 6.61 Å². The standard InChI is InChI=1S/C32H42N2O3/c1-4-6-7-8-9-10-11-12-13-14-26-15-17-27(18-16-26)29-23-33-31(34-24-29)28-19-21-30(22-20-28)37-25(3)32(35)36-5-2/h15-25H,4-14H2,1-3H3. The van der Waals surface area contributed by atoms with E-state index in [2.05, 4.69) is 41.2 Å². The van der Waals surface area contributed by atoms with Crippen LogP contribution < -0.4 is 4.74 Å². The number of aryl methyl sites for hydroxylation is 1. The summed E-state index contributed by atoms with van der Waals surface area (Å²) in [5, 5.41) is 0. The number of ether oxygens (including phenoxy) is 2. The molecule has 3 aromatic rings. The molecule has 5 nitrogen and oxygen atoms in total. The van der Waals surface area contributed by atoms with E-state index in [1.807, 2.05) is 36.7 Å². The first-order valence-electron chi connectivity index (χ1n) is 14.0. The molecule has 1 atom stereocenters. The van der Waals surface area contributed by atoms with Gasteiger partial charge in [-0.3, -0.25) is 0 Å². The van der Waals surface area contributed by atoms with E-state index in [9.17, 15) is 4.79 Å². The minimum Gasteiger partial charge on any atom is -0.479 e. The Morgan fingerprint density at radius 1 is 0.730 bits per heavy atom. The molecule has 0 fully saturated rings. The van der Waals surface area contributed by atoms with Crippen molar-refractivity contribution in [3.8, 4) is 28.3 Å². The Balaban J connectivity index is 1.45. The molecule has 0 spiro atoms. The highest BCUT2D eigenvalue weighted by Gasteiger charge is 2.15. The van der Waals surface area contributed by atoms with E-state index in [1.54, 1.807) is 13.8 Å². The topological polar surface area (TPSA) is 61.3 Å². The van der Waals surface area contributed by atoms with Crippen LogP contribution in [-0.4, -0.2) is 28.6 Å². The maximum Gasteiger partial charge on any atom is 0.347 e. The lowest BCUT2D eigenvalue weighted by Crippen LogP contribution is -2.25. The van der Waals surface area contributed by atoms with Gasteiger partial charge in [-0.15, -0.1) is 0 Å². The average molecular weight is 503 g/mol. The SMILES string of the molecule is CCCCCCCCCCCc1ccc(-c2cnc(-c3ccc(OC(C)C(=O)OCC)cc3)nc2)cc1.